The van der Waals surface area contributed by atoms with Gasteiger partial charge in [-0.05, 0) is 120 Å². The van der Waals surface area contributed by atoms with Gasteiger partial charge in [0, 0.05) is 79.5 Å². The molecule has 348 valence electrons. The molecule has 10 aromatic carbocycles. The molecule has 0 amide bonds. The molecule has 0 spiro atoms. The van der Waals surface area contributed by atoms with Crippen molar-refractivity contribution in [3.8, 4) is 23.0 Å². The SMILES string of the molecule is Nc1ccc(C(=O)Oc2cccc3c(OC(=O)c4ccc(N)cc4)cccc23)cc1.Nc1ccc(NCc2ccc(O)cc2)c2ccccc12.Nc1ccc(NCc2ccc(O)cc2)c2ccccc12. The number of ether oxygens (including phenoxy) is 2. The first-order valence-electron chi connectivity index (χ1n) is 22.2. The molecule has 0 radical (unpaired) electrons. The van der Waals surface area contributed by atoms with Gasteiger partial charge < -0.3 is 53.3 Å². The van der Waals surface area contributed by atoms with E-state index < -0.39 is 11.9 Å². The molecular formula is C58H50N6O6. The van der Waals surface area contributed by atoms with Crippen LogP contribution < -0.4 is 43.0 Å². The van der Waals surface area contributed by atoms with Gasteiger partial charge in [-0.1, -0.05) is 97.1 Å². The number of phenols is 2. The number of phenolic OH excluding ortho intramolecular Hbond substituents is 2. The first kappa shape index (κ1) is 46.8. The third kappa shape index (κ3) is 11.6. The van der Waals surface area contributed by atoms with Gasteiger partial charge in [-0.25, -0.2) is 9.59 Å². The van der Waals surface area contributed by atoms with E-state index in [1.54, 1.807) is 109 Å². The van der Waals surface area contributed by atoms with E-state index in [-0.39, 0.29) is 11.5 Å². The Morgan fingerprint density at radius 2 is 0.714 bits per heavy atom. The van der Waals surface area contributed by atoms with Crippen LogP contribution in [0.3, 0.4) is 0 Å². The largest absolute Gasteiger partial charge is 0.508 e. The van der Waals surface area contributed by atoms with Crippen LogP contribution in [0.15, 0.2) is 206 Å². The highest BCUT2D eigenvalue weighted by molar-refractivity contribution is 6.03. The van der Waals surface area contributed by atoms with Gasteiger partial charge in [0.1, 0.15) is 23.0 Å². The topological polar surface area (TPSA) is 221 Å². The summed E-state index contributed by atoms with van der Waals surface area (Å²) in [5.41, 5.74) is 31.1. The van der Waals surface area contributed by atoms with Crippen molar-refractivity contribution in [3.05, 3.63) is 229 Å². The van der Waals surface area contributed by atoms with E-state index in [4.69, 9.17) is 32.4 Å². The van der Waals surface area contributed by atoms with E-state index in [1.807, 2.05) is 84.9 Å². The molecule has 0 unspecified atom stereocenters. The summed E-state index contributed by atoms with van der Waals surface area (Å²) in [6, 6.07) is 61.7. The lowest BCUT2D eigenvalue weighted by Gasteiger charge is -2.11. The van der Waals surface area contributed by atoms with E-state index in [2.05, 4.69) is 22.8 Å². The Morgan fingerprint density at radius 1 is 0.371 bits per heavy atom. The van der Waals surface area contributed by atoms with Crippen LogP contribution in [0.2, 0.25) is 0 Å². The first-order chi connectivity index (χ1) is 34.0. The van der Waals surface area contributed by atoms with Gasteiger partial charge in [0.15, 0.2) is 0 Å². The third-order valence-electron chi connectivity index (χ3n) is 11.3. The predicted octanol–water partition coefficient (Wildman–Crippen LogP) is 11.9. The lowest BCUT2D eigenvalue weighted by Crippen LogP contribution is -2.10. The lowest BCUT2D eigenvalue weighted by atomic mass is 10.1. The van der Waals surface area contributed by atoms with Gasteiger partial charge in [-0.2, -0.15) is 0 Å². The average Bonchev–Trinajstić information content (AvgIpc) is 3.38. The maximum absolute atomic E-state index is 12.5. The molecule has 0 saturated heterocycles. The number of carbonyl (C=O) groups excluding carboxylic acids is 2. The molecule has 10 rings (SSSR count). The van der Waals surface area contributed by atoms with Gasteiger partial charge in [0.2, 0.25) is 0 Å². The van der Waals surface area contributed by atoms with E-state index in [1.165, 1.54) is 0 Å². The Balaban J connectivity index is 0.000000146. The van der Waals surface area contributed by atoms with Crippen molar-refractivity contribution in [3.63, 3.8) is 0 Å². The molecule has 12 nitrogen and oxygen atoms in total. The number of aromatic hydroxyl groups is 2. The maximum atomic E-state index is 12.5. The quantitative estimate of drug-likeness (QED) is 0.0365. The zero-order chi connectivity index (χ0) is 49.0. The molecule has 0 aliphatic carbocycles. The molecule has 0 aliphatic heterocycles. The summed E-state index contributed by atoms with van der Waals surface area (Å²) < 4.78 is 11.2. The molecule has 12 N–H and O–H groups in total. The monoisotopic (exact) mass is 926 g/mol. The van der Waals surface area contributed by atoms with Gasteiger partial charge in [-0.3, -0.25) is 0 Å². The van der Waals surface area contributed by atoms with Crippen molar-refractivity contribution in [2.75, 3.05) is 33.6 Å². The third-order valence-corrected chi connectivity index (χ3v) is 11.3. The second-order valence-electron chi connectivity index (χ2n) is 16.2. The summed E-state index contributed by atoms with van der Waals surface area (Å²) in [4.78, 5) is 25.0. The summed E-state index contributed by atoms with van der Waals surface area (Å²) >= 11 is 0. The first-order valence-corrected chi connectivity index (χ1v) is 22.2. The van der Waals surface area contributed by atoms with E-state index in [0.29, 0.717) is 57.9 Å². The number of nitrogens with two attached hydrogens (primary N) is 4. The number of nitrogen functional groups attached to an aromatic ring is 4. The molecule has 12 heteroatoms. The molecular weight excluding hydrogens is 877 g/mol. The number of hydrogen-bond acceptors (Lipinski definition) is 12. The number of fused-ring (bicyclic) bond motifs is 3. The minimum atomic E-state index is -0.508. The van der Waals surface area contributed by atoms with E-state index >= 15 is 0 Å². The van der Waals surface area contributed by atoms with Crippen LogP contribution in [0, 0.1) is 0 Å². The molecule has 0 aromatic heterocycles. The van der Waals surface area contributed by atoms with Crippen LogP contribution in [0.25, 0.3) is 32.3 Å². The van der Waals surface area contributed by atoms with Crippen LogP contribution in [0.4, 0.5) is 34.1 Å². The van der Waals surface area contributed by atoms with Crippen LogP contribution in [-0.4, -0.2) is 22.2 Å². The van der Waals surface area contributed by atoms with Crippen molar-refractivity contribution in [2.45, 2.75) is 13.1 Å². The average molecular weight is 927 g/mol. The lowest BCUT2D eigenvalue weighted by molar-refractivity contribution is 0.0725. The molecule has 0 aliphatic rings. The molecule has 70 heavy (non-hydrogen) atoms. The number of carbonyl (C=O) groups is 2. The maximum Gasteiger partial charge on any atom is 0.343 e. The van der Waals surface area contributed by atoms with E-state index in [0.717, 1.165) is 55.4 Å². The highest BCUT2D eigenvalue weighted by Crippen LogP contribution is 2.34. The normalized spacial score (nSPS) is 10.6. The van der Waals surface area contributed by atoms with Gasteiger partial charge in [-0.15, -0.1) is 0 Å². The molecule has 0 fully saturated rings. The van der Waals surface area contributed by atoms with Crippen LogP contribution in [0.1, 0.15) is 31.8 Å². The van der Waals surface area contributed by atoms with Crippen LogP contribution >= 0.6 is 0 Å². The van der Waals surface area contributed by atoms with Gasteiger partial charge in [0.25, 0.3) is 0 Å². The second-order valence-corrected chi connectivity index (χ2v) is 16.2. The Bertz CT molecular complexity index is 3190. The minimum Gasteiger partial charge on any atom is -0.508 e. The highest BCUT2D eigenvalue weighted by atomic mass is 16.5. The molecule has 0 atom stereocenters. The van der Waals surface area contributed by atoms with Crippen molar-refractivity contribution >= 4 is 78.4 Å². The van der Waals surface area contributed by atoms with Gasteiger partial charge in [0.05, 0.1) is 11.1 Å². The van der Waals surface area contributed by atoms with Crippen molar-refractivity contribution in [2.24, 2.45) is 0 Å². The van der Waals surface area contributed by atoms with E-state index in [9.17, 15) is 19.8 Å². The fourth-order valence-electron chi connectivity index (χ4n) is 7.56. The fourth-order valence-corrected chi connectivity index (χ4v) is 7.56. The second kappa shape index (κ2) is 21.7. The molecule has 0 bridgehead atoms. The van der Waals surface area contributed by atoms with Gasteiger partial charge >= 0.3 is 11.9 Å². The van der Waals surface area contributed by atoms with Crippen LogP contribution in [0.5, 0.6) is 23.0 Å². The van der Waals surface area contributed by atoms with Crippen molar-refractivity contribution in [1.29, 1.82) is 0 Å². The van der Waals surface area contributed by atoms with Crippen LogP contribution in [-0.2, 0) is 13.1 Å². The summed E-state index contributed by atoms with van der Waals surface area (Å²) in [6.07, 6.45) is 0. The summed E-state index contributed by atoms with van der Waals surface area (Å²) in [7, 11) is 0. The minimum absolute atomic E-state index is 0.284. The number of hydrogen-bond donors (Lipinski definition) is 8. The smallest absolute Gasteiger partial charge is 0.343 e. The fraction of sp³-hybridized carbons (Fsp3) is 0.0345. The molecule has 10 aromatic rings. The Kier molecular flexibility index (Phi) is 14.6. The number of rotatable bonds is 10. The molecule has 0 saturated carbocycles. The number of nitrogens with one attached hydrogen (secondary N) is 2. The predicted molar refractivity (Wildman–Crippen MR) is 283 cm³/mol. The highest BCUT2D eigenvalue weighted by Gasteiger charge is 2.15. The van der Waals surface area contributed by atoms with Crippen molar-refractivity contribution < 1.29 is 29.3 Å². The summed E-state index contributed by atoms with van der Waals surface area (Å²) in [6.45, 7) is 1.41. The number of esters is 2. The standard InChI is InChI=1S/C24H18N2O4.2C17H16N2O/c25-17-11-7-15(8-12-17)23(27)29-21-5-1-3-19-20(21)4-2-6-22(19)30-24(28)16-9-13-18(26)14-10-16;2*18-16-9-10-17(15-4-2-1-3-14(15)16)19-11-12-5-7-13(20)8-6-12/h1-14H,25-26H2;2*1-10,19-20H,11,18H2. The Labute approximate surface area is 404 Å². The summed E-state index contributed by atoms with van der Waals surface area (Å²) in [5, 5.41) is 31.0. The Morgan fingerprint density at radius 3 is 1.09 bits per heavy atom. The zero-order valence-electron chi connectivity index (χ0n) is 37.9. The Hall–Kier alpha value is -9.68. The van der Waals surface area contributed by atoms with Crippen molar-refractivity contribution in [1.82, 2.24) is 0 Å². The molecule has 0 heterocycles. The number of benzene rings is 10. The number of anilines is 6. The zero-order valence-corrected chi connectivity index (χ0v) is 37.9. The summed E-state index contributed by atoms with van der Waals surface area (Å²) in [5.74, 6) is 0.274.